The van der Waals surface area contributed by atoms with Gasteiger partial charge in [-0.2, -0.15) is 0 Å². The van der Waals surface area contributed by atoms with Gasteiger partial charge in [-0.1, -0.05) is 12.2 Å². The first-order chi connectivity index (χ1) is 17.9. The molecule has 1 fully saturated rings. The van der Waals surface area contributed by atoms with E-state index < -0.39 is 27.8 Å². The molecule has 2 aromatic rings. The number of nitrogens with two attached hydrogens (primary N) is 1. The van der Waals surface area contributed by atoms with Crippen molar-refractivity contribution < 1.29 is 28.2 Å². The SMILES string of the molecule is CC(=N)N1CCC(Oc2ccc3c(c2)CC(C=Cc2cc(C(=N)N)ccc2O)N3S(=O)(=O)CC(=O)O)CC1. The molecule has 0 saturated carbocycles. The number of hydrogen-bond donors (Lipinski definition) is 5. The maximum atomic E-state index is 13.1. The first kappa shape index (κ1) is 27.0. The van der Waals surface area contributed by atoms with Gasteiger partial charge in [0, 0.05) is 37.1 Å². The smallest absolute Gasteiger partial charge is 0.320 e. The minimum absolute atomic E-state index is 0.0240. The second-order valence-corrected chi connectivity index (χ2v) is 11.3. The van der Waals surface area contributed by atoms with Gasteiger partial charge in [-0.15, -0.1) is 0 Å². The van der Waals surface area contributed by atoms with Gasteiger partial charge < -0.3 is 25.6 Å². The molecule has 0 amide bonds. The normalized spacial score (nSPS) is 18.0. The third-order valence-corrected chi connectivity index (χ3v) is 8.36. The average molecular weight is 542 g/mol. The number of aromatic hydroxyl groups is 1. The summed E-state index contributed by atoms with van der Waals surface area (Å²) in [6.07, 6.45) is 4.91. The maximum Gasteiger partial charge on any atom is 0.320 e. The Balaban J connectivity index is 1.60. The molecule has 2 aliphatic heterocycles. The van der Waals surface area contributed by atoms with E-state index in [2.05, 4.69) is 0 Å². The van der Waals surface area contributed by atoms with E-state index in [0.717, 1.165) is 30.2 Å². The van der Waals surface area contributed by atoms with Crippen LogP contribution in [0.25, 0.3) is 6.08 Å². The summed E-state index contributed by atoms with van der Waals surface area (Å²) in [4.78, 5) is 13.3. The van der Waals surface area contributed by atoms with Crippen LogP contribution in [0.5, 0.6) is 11.5 Å². The summed E-state index contributed by atoms with van der Waals surface area (Å²) in [7, 11) is -4.21. The van der Waals surface area contributed by atoms with Crippen LogP contribution >= 0.6 is 0 Å². The fraction of sp³-hybridized carbons (Fsp3) is 0.346. The highest BCUT2D eigenvalue weighted by Gasteiger charge is 2.38. The van der Waals surface area contributed by atoms with E-state index >= 15 is 0 Å². The molecule has 0 aromatic heterocycles. The monoisotopic (exact) mass is 541 g/mol. The zero-order chi connectivity index (χ0) is 27.6. The van der Waals surface area contributed by atoms with Crippen LogP contribution in [0.4, 0.5) is 5.69 Å². The highest BCUT2D eigenvalue weighted by atomic mass is 32.2. The van der Waals surface area contributed by atoms with Crippen molar-refractivity contribution in [2.75, 3.05) is 23.1 Å². The summed E-state index contributed by atoms with van der Waals surface area (Å²) < 4.78 is 33.5. The van der Waals surface area contributed by atoms with Gasteiger partial charge in [-0.3, -0.25) is 19.9 Å². The summed E-state index contributed by atoms with van der Waals surface area (Å²) >= 11 is 0. The molecule has 12 heteroatoms. The molecule has 0 aliphatic carbocycles. The van der Waals surface area contributed by atoms with Crippen LogP contribution in [-0.4, -0.2) is 72.2 Å². The highest BCUT2D eigenvalue weighted by molar-refractivity contribution is 7.93. The van der Waals surface area contributed by atoms with Crippen LogP contribution in [0.3, 0.4) is 0 Å². The molecule has 2 aromatic carbocycles. The standard InChI is InChI=1S/C26H31N5O6S/c1-16(27)30-10-8-21(9-11-30)37-22-5-6-23-19(14-22)13-20(31(23)38(35,36)15-25(33)34)4-2-17-12-18(26(28)29)3-7-24(17)32/h2-7,12,14,20-21,27,32H,8-11,13,15H2,1H3,(H3,28,29)(H,33,34). The molecule has 38 heavy (non-hydrogen) atoms. The van der Waals surface area contributed by atoms with Crippen LogP contribution in [0, 0.1) is 10.8 Å². The zero-order valence-electron chi connectivity index (χ0n) is 20.9. The number of anilines is 1. The molecule has 11 nitrogen and oxygen atoms in total. The number of ether oxygens (including phenoxy) is 1. The summed E-state index contributed by atoms with van der Waals surface area (Å²) in [6, 6.07) is 8.78. The number of nitrogens with zero attached hydrogens (tertiary/aromatic N) is 2. The minimum atomic E-state index is -4.21. The number of piperidine rings is 1. The van der Waals surface area contributed by atoms with E-state index in [4.69, 9.17) is 21.3 Å². The second-order valence-electron chi connectivity index (χ2n) is 9.44. The Labute approximate surface area is 221 Å². The average Bonchev–Trinajstić information content (AvgIpc) is 3.21. The Morgan fingerprint density at radius 2 is 1.89 bits per heavy atom. The lowest BCUT2D eigenvalue weighted by Gasteiger charge is -2.32. The highest BCUT2D eigenvalue weighted by Crippen LogP contribution is 2.38. The van der Waals surface area contributed by atoms with Gasteiger partial charge in [-0.25, -0.2) is 8.42 Å². The van der Waals surface area contributed by atoms with Gasteiger partial charge in [0.25, 0.3) is 0 Å². The van der Waals surface area contributed by atoms with Gasteiger partial charge in [-0.05, 0) is 55.3 Å². The molecule has 4 rings (SSSR count). The number of carboxylic acid groups (broad SMARTS) is 1. The number of sulfonamides is 1. The van der Waals surface area contributed by atoms with Gasteiger partial charge in [0.2, 0.25) is 10.0 Å². The topological polar surface area (TPSA) is 181 Å². The number of hydrogen-bond acceptors (Lipinski definition) is 7. The Kier molecular flexibility index (Phi) is 7.63. The van der Waals surface area contributed by atoms with Gasteiger partial charge in [0.05, 0.1) is 17.6 Å². The van der Waals surface area contributed by atoms with Crippen molar-refractivity contribution in [2.24, 2.45) is 5.73 Å². The molecule has 202 valence electrons. The van der Waals surface area contributed by atoms with E-state index in [1.165, 1.54) is 24.3 Å². The van der Waals surface area contributed by atoms with Crippen LogP contribution in [0.1, 0.15) is 36.5 Å². The van der Waals surface area contributed by atoms with E-state index in [0.29, 0.717) is 34.0 Å². The fourth-order valence-electron chi connectivity index (χ4n) is 4.80. The first-order valence-electron chi connectivity index (χ1n) is 12.1. The molecular formula is C26H31N5O6S. The predicted molar refractivity (Wildman–Crippen MR) is 145 cm³/mol. The summed E-state index contributed by atoms with van der Waals surface area (Å²) in [5.41, 5.74) is 7.37. The first-order valence-corrected chi connectivity index (χ1v) is 13.7. The summed E-state index contributed by atoms with van der Waals surface area (Å²) in [6.45, 7) is 3.23. The molecule has 2 aliphatic rings. The Morgan fingerprint density at radius 3 is 2.53 bits per heavy atom. The molecule has 2 heterocycles. The quantitative estimate of drug-likeness (QED) is 0.249. The number of phenolic OH excluding ortho intramolecular Hbond substituents is 1. The lowest BCUT2D eigenvalue weighted by Crippen LogP contribution is -2.40. The lowest BCUT2D eigenvalue weighted by atomic mass is 10.1. The largest absolute Gasteiger partial charge is 0.507 e. The van der Waals surface area contributed by atoms with Crippen molar-refractivity contribution >= 4 is 39.4 Å². The Hall–Kier alpha value is -4.06. The number of aliphatic carboxylic acids is 1. The molecule has 0 bridgehead atoms. The molecular weight excluding hydrogens is 510 g/mol. The number of nitrogen functional groups attached to an aromatic ring is 1. The van der Waals surface area contributed by atoms with E-state index in [-0.39, 0.29) is 24.1 Å². The Morgan fingerprint density at radius 1 is 1.18 bits per heavy atom. The number of phenols is 1. The minimum Gasteiger partial charge on any atom is -0.507 e. The number of benzene rings is 2. The van der Waals surface area contributed by atoms with Crippen molar-refractivity contribution in [2.45, 2.75) is 38.3 Å². The Bertz CT molecular complexity index is 1400. The molecule has 1 atom stereocenters. The zero-order valence-corrected chi connectivity index (χ0v) is 21.7. The summed E-state index contributed by atoms with van der Waals surface area (Å²) in [5, 5.41) is 34.9. The molecule has 6 N–H and O–H groups in total. The van der Waals surface area contributed by atoms with Crippen molar-refractivity contribution in [3.05, 3.63) is 59.2 Å². The number of carbonyl (C=O) groups is 1. The van der Waals surface area contributed by atoms with Crippen LogP contribution in [-0.2, 0) is 21.2 Å². The number of fused-ring (bicyclic) bond motifs is 1. The number of carboxylic acids is 1. The maximum absolute atomic E-state index is 13.1. The van der Waals surface area contributed by atoms with Crippen molar-refractivity contribution in [1.82, 2.24) is 4.90 Å². The van der Waals surface area contributed by atoms with Crippen LogP contribution < -0.4 is 14.8 Å². The number of rotatable bonds is 8. The van der Waals surface area contributed by atoms with Crippen LogP contribution in [0.15, 0.2) is 42.5 Å². The molecule has 0 spiro atoms. The number of amidine groups is 2. The van der Waals surface area contributed by atoms with Gasteiger partial charge >= 0.3 is 5.97 Å². The van der Waals surface area contributed by atoms with E-state index in [1.54, 1.807) is 31.2 Å². The van der Waals surface area contributed by atoms with Crippen molar-refractivity contribution in [3.63, 3.8) is 0 Å². The fourth-order valence-corrected chi connectivity index (χ4v) is 6.29. The van der Waals surface area contributed by atoms with Gasteiger partial charge in [0.1, 0.15) is 23.4 Å². The molecule has 0 radical (unpaired) electrons. The number of nitrogens with one attached hydrogen (secondary N) is 2. The summed E-state index contributed by atoms with van der Waals surface area (Å²) in [5.74, 6) is -1.64. The third-order valence-electron chi connectivity index (χ3n) is 6.68. The molecule has 1 saturated heterocycles. The lowest BCUT2D eigenvalue weighted by molar-refractivity contribution is -0.134. The molecule has 1 unspecified atom stereocenters. The van der Waals surface area contributed by atoms with Crippen LogP contribution in [0.2, 0.25) is 0 Å². The predicted octanol–water partition coefficient (Wildman–Crippen LogP) is 2.38. The van der Waals surface area contributed by atoms with Crippen molar-refractivity contribution in [3.8, 4) is 11.5 Å². The number of likely N-dealkylation sites (tertiary alicyclic amines) is 1. The second kappa shape index (κ2) is 10.7. The van der Waals surface area contributed by atoms with E-state index in [9.17, 15) is 23.4 Å². The van der Waals surface area contributed by atoms with E-state index in [1.807, 2.05) is 4.90 Å². The van der Waals surface area contributed by atoms with Crippen molar-refractivity contribution in [1.29, 1.82) is 10.8 Å². The van der Waals surface area contributed by atoms with Gasteiger partial charge in [0.15, 0.2) is 5.75 Å². The third kappa shape index (κ3) is 5.91.